The van der Waals surface area contributed by atoms with E-state index in [4.69, 9.17) is 9.47 Å². The summed E-state index contributed by atoms with van der Waals surface area (Å²) >= 11 is 0. The molecule has 1 heterocycles. The highest BCUT2D eigenvalue weighted by atomic mass is 16.5. The molecule has 0 N–H and O–H groups in total. The van der Waals surface area contributed by atoms with E-state index in [-0.39, 0.29) is 24.2 Å². The van der Waals surface area contributed by atoms with Gasteiger partial charge < -0.3 is 14.4 Å². The number of carbonyl (C=O) groups excluding carboxylic acids is 1. The summed E-state index contributed by atoms with van der Waals surface area (Å²) in [6.45, 7) is 4.00. The maximum absolute atomic E-state index is 12.7. The molecular formula is C18H25NO3. The van der Waals surface area contributed by atoms with Gasteiger partial charge in [-0.2, -0.15) is 0 Å². The Morgan fingerprint density at radius 3 is 2.91 bits per heavy atom. The van der Waals surface area contributed by atoms with Crippen molar-refractivity contribution in [3.8, 4) is 0 Å². The van der Waals surface area contributed by atoms with Gasteiger partial charge in [0.1, 0.15) is 6.10 Å². The third-order valence-electron chi connectivity index (χ3n) is 4.71. The van der Waals surface area contributed by atoms with Crippen molar-refractivity contribution in [2.45, 2.75) is 50.9 Å². The van der Waals surface area contributed by atoms with Gasteiger partial charge in [0.15, 0.2) is 0 Å². The molecule has 1 aliphatic carbocycles. The number of hydrogen-bond donors (Lipinski definition) is 0. The first kappa shape index (κ1) is 15.5. The normalized spacial score (nSPS) is 27.7. The molecule has 0 spiro atoms. The molecule has 4 heteroatoms. The van der Waals surface area contributed by atoms with Crippen LogP contribution in [0, 0.1) is 0 Å². The van der Waals surface area contributed by atoms with Crippen LogP contribution in [0.4, 0.5) is 0 Å². The van der Waals surface area contributed by atoms with Crippen molar-refractivity contribution in [1.29, 1.82) is 0 Å². The second-order valence-electron chi connectivity index (χ2n) is 6.05. The fraction of sp³-hybridized carbons (Fsp3) is 0.611. The van der Waals surface area contributed by atoms with Crippen molar-refractivity contribution in [2.24, 2.45) is 0 Å². The van der Waals surface area contributed by atoms with Gasteiger partial charge in [-0.25, -0.2) is 0 Å². The molecule has 1 saturated heterocycles. The molecular weight excluding hydrogens is 278 g/mol. The highest BCUT2D eigenvalue weighted by Crippen LogP contribution is 2.32. The van der Waals surface area contributed by atoms with E-state index in [2.05, 4.69) is 12.1 Å². The van der Waals surface area contributed by atoms with E-state index < -0.39 is 0 Å². The minimum Gasteiger partial charge on any atom is -0.374 e. The zero-order chi connectivity index (χ0) is 15.4. The molecule has 22 heavy (non-hydrogen) atoms. The molecule has 2 aliphatic rings. The van der Waals surface area contributed by atoms with E-state index in [1.165, 1.54) is 5.56 Å². The van der Waals surface area contributed by atoms with E-state index in [0.717, 1.165) is 19.3 Å². The van der Waals surface area contributed by atoms with Crippen LogP contribution in [0.1, 0.15) is 31.7 Å². The Kier molecular flexibility index (Phi) is 5.11. The molecule has 1 aliphatic heterocycles. The third-order valence-corrected chi connectivity index (χ3v) is 4.71. The van der Waals surface area contributed by atoms with Gasteiger partial charge >= 0.3 is 0 Å². The Hall–Kier alpha value is -1.39. The van der Waals surface area contributed by atoms with Crippen LogP contribution in [0.3, 0.4) is 0 Å². The van der Waals surface area contributed by atoms with E-state index in [9.17, 15) is 4.79 Å². The SMILES string of the molecule is CCO[C@H]1[C@H]2CC[C@H]1OCCN2C(=O)CCc1ccccc1. The van der Waals surface area contributed by atoms with E-state index in [1.54, 1.807) is 0 Å². The van der Waals surface area contributed by atoms with Crippen LogP contribution >= 0.6 is 0 Å². The lowest BCUT2D eigenvalue weighted by atomic mass is 10.1. The van der Waals surface area contributed by atoms with Gasteiger partial charge in [-0.15, -0.1) is 0 Å². The Morgan fingerprint density at radius 1 is 1.32 bits per heavy atom. The fourth-order valence-electron chi connectivity index (χ4n) is 3.65. The summed E-state index contributed by atoms with van der Waals surface area (Å²) in [5.41, 5.74) is 1.22. The topological polar surface area (TPSA) is 38.8 Å². The van der Waals surface area contributed by atoms with Gasteiger partial charge in [-0.3, -0.25) is 4.79 Å². The van der Waals surface area contributed by atoms with Crippen molar-refractivity contribution in [3.63, 3.8) is 0 Å². The molecule has 1 saturated carbocycles. The van der Waals surface area contributed by atoms with E-state index in [1.807, 2.05) is 30.0 Å². The summed E-state index contributed by atoms with van der Waals surface area (Å²) in [5, 5.41) is 0. The summed E-state index contributed by atoms with van der Waals surface area (Å²) in [7, 11) is 0. The quantitative estimate of drug-likeness (QED) is 0.838. The minimum atomic E-state index is 0.0492. The number of aryl methyl sites for hydroxylation is 1. The van der Waals surface area contributed by atoms with Crippen LogP contribution in [0.15, 0.2) is 30.3 Å². The Labute approximate surface area is 132 Å². The van der Waals surface area contributed by atoms with E-state index in [0.29, 0.717) is 26.2 Å². The molecule has 2 bridgehead atoms. The number of benzene rings is 1. The fourth-order valence-corrected chi connectivity index (χ4v) is 3.65. The van der Waals surface area contributed by atoms with Crippen LogP contribution in [-0.4, -0.2) is 48.8 Å². The third kappa shape index (κ3) is 3.33. The number of rotatable bonds is 5. The molecule has 3 rings (SSSR count). The maximum Gasteiger partial charge on any atom is 0.223 e. The smallest absolute Gasteiger partial charge is 0.223 e. The van der Waals surface area contributed by atoms with Gasteiger partial charge in [-0.1, -0.05) is 30.3 Å². The summed E-state index contributed by atoms with van der Waals surface area (Å²) in [6, 6.07) is 10.4. The predicted octanol–water partition coefficient (Wildman–Crippen LogP) is 2.41. The first-order chi connectivity index (χ1) is 10.8. The van der Waals surface area contributed by atoms with E-state index >= 15 is 0 Å². The van der Waals surface area contributed by atoms with Gasteiger partial charge in [0.2, 0.25) is 5.91 Å². The molecule has 4 nitrogen and oxygen atoms in total. The molecule has 120 valence electrons. The van der Waals surface area contributed by atoms with Crippen molar-refractivity contribution >= 4 is 5.91 Å². The summed E-state index contributed by atoms with van der Waals surface area (Å²) in [6.07, 6.45) is 3.56. The Morgan fingerprint density at radius 2 is 2.14 bits per heavy atom. The standard InChI is InChI=1S/C18H25NO3/c1-2-21-18-15-9-10-16(18)22-13-12-19(15)17(20)11-8-14-6-4-3-5-7-14/h3-7,15-16,18H,2,8-13H2,1H3/t15-,16-,18+/m1/s1. The summed E-state index contributed by atoms with van der Waals surface area (Å²) in [5.74, 6) is 0.227. The second-order valence-corrected chi connectivity index (χ2v) is 6.05. The molecule has 0 unspecified atom stereocenters. The number of nitrogens with zero attached hydrogens (tertiary/aromatic N) is 1. The summed E-state index contributed by atoms with van der Waals surface area (Å²) < 4.78 is 11.8. The van der Waals surface area contributed by atoms with Crippen molar-refractivity contribution in [1.82, 2.24) is 4.90 Å². The number of hydrogen-bond acceptors (Lipinski definition) is 3. The number of carbonyl (C=O) groups is 1. The monoisotopic (exact) mass is 303 g/mol. The molecule has 1 aromatic carbocycles. The lowest BCUT2D eigenvalue weighted by Crippen LogP contribution is -2.46. The molecule has 1 amide bonds. The van der Waals surface area contributed by atoms with Crippen LogP contribution < -0.4 is 0 Å². The van der Waals surface area contributed by atoms with Crippen LogP contribution in [0.5, 0.6) is 0 Å². The van der Waals surface area contributed by atoms with Crippen molar-refractivity contribution < 1.29 is 14.3 Å². The maximum atomic E-state index is 12.7. The average Bonchev–Trinajstić information content (AvgIpc) is 2.82. The number of amides is 1. The largest absolute Gasteiger partial charge is 0.374 e. The predicted molar refractivity (Wildman–Crippen MR) is 84.7 cm³/mol. The van der Waals surface area contributed by atoms with Gasteiger partial charge in [0.25, 0.3) is 0 Å². The first-order valence-electron chi connectivity index (χ1n) is 8.36. The highest BCUT2D eigenvalue weighted by Gasteiger charge is 2.44. The molecule has 3 atom stereocenters. The first-order valence-corrected chi connectivity index (χ1v) is 8.36. The zero-order valence-electron chi connectivity index (χ0n) is 13.2. The minimum absolute atomic E-state index is 0.0492. The van der Waals surface area contributed by atoms with Gasteiger partial charge in [0.05, 0.1) is 18.8 Å². The Balaban J connectivity index is 1.63. The summed E-state index contributed by atoms with van der Waals surface area (Å²) in [4.78, 5) is 14.7. The number of ether oxygens (including phenoxy) is 2. The van der Waals surface area contributed by atoms with Crippen LogP contribution in [-0.2, 0) is 20.7 Å². The molecule has 2 fully saturated rings. The Bertz CT molecular complexity index is 490. The van der Waals surface area contributed by atoms with Gasteiger partial charge in [0, 0.05) is 19.6 Å². The van der Waals surface area contributed by atoms with Crippen molar-refractivity contribution in [3.05, 3.63) is 35.9 Å². The van der Waals surface area contributed by atoms with Gasteiger partial charge in [-0.05, 0) is 31.7 Å². The molecule has 1 aromatic rings. The highest BCUT2D eigenvalue weighted by molar-refractivity contribution is 5.77. The molecule has 0 radical (unpaired) electrons. The lowest BCUT2D eigenvalue weighted by Gasteiger charge is -2.31. The van der Waals surface area contributed by atoms with Crippen LogP contribution in [0.2, 0.25) is 0 Å². The second kappa shape index (κ2) is 7.25. The lowest BCUT2D eigenvalue weighted by molar-refractivity contribution is -0.135. The number of fused-ring (bicyclic) bond motifs is 2. The average molecular weight is 303 g/mol. The van der Waals surface area contributed by atoms with Crippen molar-refractivity contribution in [2.75, 3.05) is 19.8 Å². The van der Waals surface area contributed by atoms with Crippen LogP contribution in [0.25, 0.3) is 0 Å². The molecule has 0 aromatic heterocycles. The zero-order valence-corrected chi connectivity index (χ0v) is 13.2.